The summed E-state index contributed by atoms with van der Waals surface area (Å²) >= 11 is 0. The second kappa shape index (κ2) is 3.15. The highest BCUT2D eigenvalue weighted by Crippen LogP contribution is 2.09. The number of ether oxygens (including phenoxy) is 1. The Morgan fingerprint density at radius 1 is 1.50 bits per heavy atom. The smallest absolute Gasteiger partial charge is 0.0587 e. The lowest BCUT2D eigenvalue weighted by molar-refractivity contribution is 0.0670. The van der Waals surface area contributed by atoms with Crippen molar-refractivity contribution in [2.45, 2.75) is 25.0 Å². The Kier molecular flexibility index (Phi) is 2.43. The Labute approximate surface area is 52.5 Å². The van der Waals surface area contributed by atoms with Crippen molar-refractivity contribution in [1.82, 2.24) is 0 Å². The van der Waals surface area contributed by atoms with Gasteiger partial charge in [0.25, 0.3) is 0 Å². The summed E-state index contributed by atoms with van der Waals surface area (Å²) in [7, 11) is 0.315. The molecule has 46 valence electrons. The lowest BCUT2D eigenvalue weighted by Gasteiger charge is -2.18. The molecule has 0 amide bonds. The summed E-state index contributed by atoms with van der Waals surface area (Å²) in [5.74, 6) is 0. The monoisotopic (exact) mass is 128 g/mol. The molecule has 1 atom stereocenters. The Morgan fingerprint density at radius 2 is 2.38 bits per heavy atom. The van der Waals surface area contributed by atoms with Crippen molar-refractivity contribution in [3.05, 3.63) is 0 Å². The fourth-order valence-electron chi connectivity index (χ4n) is 0.952. The van der Waals surface area contributed by atoms with Gasteiger partial charge in [0.2, 0.25) is 0 Å². The highest BCUT2D eigenvalue weighted by atomic mass is 28.2. The van der Waals surface area contributed by atoms with Crippen LogP contribution in [-0.4, -0.2) is 27.6 Å². The maximum atomic E-state index is 5.40. The van der Waals surface area contributed by atoms with E-state index in [0.717, 1.165) is 6.61 Å². The van der Waals surface area contributed by atoms with E-state index < -0.39 is 0 Å². The van der Waals surface area contributed by atoms with E-state index in [9.17, 15) is 0 Å². The second-order valence-corrected chi connectivity index (χ2v) is 3.36. The van der Waals surface area contributed by atoms with Crippen LogP contribution in [0.1, 0.15) is 19.3 Å². The van der Waals surface area contributed by atoms with Crippen molar-refractivity contribution in [2.75, 3.05) is 6.61 Å². The van der Waals surface area contributed by atoms with Gasteiger partial charge < -0.3 is 4.74 Å². The molecule has 0 aromatic carbocycles. The molecule has 0 aromatic heterocycles. The van der Waals surface area contributed by atoms with Crippen LogP contribution in [0.2, 0.25) is 0 Å². The van der Waals surface area contributed by atoms with Crippen LogP contribution in [0, 0.1) is 0 Å². The first-order chi connectivity index (χ1) is 3.93. The average molecular weight is 128 g/mol. The highest BCUT2D eigenvalue weighted by molar-refractivity contribution is 6.42. The maximum Gasteiger partial charge on any atom is 0.0587 e. The van der Waals surface area contributed by atoms with Crippen LogP contribution < -0.4 is 0 Å². The molecule has 0 spiro atoms. The molecule has 0 aromatic rings. The molecule has 1 aliphatic heterocycles. The minimum atomic E-state index is 0.315. The lowest BCUT2D eigenvalue weighted by Crippen LogP contribution is -2.21. The van der Waals surface area contributed by atoms with Gasteiger partial charge in [-0.1, -0.05) is 0 Å². The van der Waals surface area contributed by atoms with E-state index in [-0.39, 0.29) is 0 Å². The van der Waals surface area contributed by atoms with Crippen molar-refractivity contribution in [3.8, 4) is 0 Å². The SMILES string of the molecule is C=[SiH]C1CCCCO1. The first-order valence-electron chi connectivity index (χ1n) is 3.17. The molecule has 0 radical (unpaired) electrons. The Morgan fingerprint density at radius 3 is 2.75 bits per heavy atom. The topological polar surface area (TPSA) is 9.23 Å². The summed E-state index contributed by atoms with van der Waals surface area (Å²) in [5.41, 5.74) is 0.559. The molecular formula is C6H12OSi. The molecule has 1 fully saturated rings. The van der Waals surface area contributed by atoms with Crippen LogP contribution in [0.25, 0.3) is 0 Å². The zero-order valence-electron chi connectivity index (χ0n) is 5.10. The van der Waals surface area contributed by atoms with Gasteiger partial charge in [-0.15, -0.1) is 6.17 Å². The minimum Gasteiger partial charge on any atom is -0.378 e. The van der Waals surface area contributed by atoms with Crippen molar-refractivity contribution >= 4 is 15.3 Å². The normalized spacial score (nSPS) is 29.8. The summed E-state index contributed by atoms with van der Waals surface area (Å²) in [5, 5.41) is 0. The average Bonchev–Trinajstić information content (AvgIpc) is 1.90. The van der Waals surface area contributed by atoms with Crippen LogP contribution in [0.4, 0.5) is 0 Å². The van der Waals surface area contributed by atoms with E-state index in [1.54, 1.807) is 0 Å². The van der Waals surface area contributed by atoms with Gasteiger partial charge in [-0.2, -0.15) is 0 Å². The van der Waals surface area contributed by atoms with Gasteiger partial charge in [0.15, 0.2) is 0 Å². The lowest BCUT2D eigenvalue weighted by atomic mass is 10.2. The molecule has 8 heavy (non-hydrogen) atoms. The first-order valence-corrected chi connectivity index (χ1v) is 4.66. The maximum absolute atomic E-state index is 5.40. The van der Waals surface area contributed by atoms with Crippen LogP contribution in [-0.2, 0) is 4.74 Å². The summed E-state index contributed by atoms with van der Waals surface area (Å²) in [4.78, 5) is 0. The van der Waals surface area contributed by atoms with Gasteiger partial charge in [-0.25, -0.2) is 0 Å². The largest absolute Gasteiger partial charge is 0.378 e. The standard InChI is InChI=1S/C6H12OSi/c1-8-6-4-2-3-5-7-6/h6,8H,1-5H2. The van der Waals surface area contributed by atoms with Gasteiger partial charge >= 0.3 is 0 Å². The Balaban J connectivity index is 2.22. The van der Waals surface area contributed by atoms with Gasteiger partial charge in [0.05, 0.1) is 5.73 Å². The van der Waals surface area contributed by atoms with Gasteiger partial charge in [0.1, 0.15) is 0 Å². The molecular weight excluding hydrogens is 116 g/mol. The van der Waals surface area contributed by atoms with E-state index in [4.69, 9.17) is 4.74 Å². The van der Waals surface area contributed by atoms with Crippen molar-refractivity contribution in [1.29, 1.82) is 0 Å². The predicted molar refractivity (Wildman–Crippen MR) is 37.9 cm³/mol. The van der Waals surface area contributed by atoms with Crippen LogP contribution in [0.5, 0.6) is 0 Å². The van der Waals surface area contributed by atoms with Crippen LogP contribution >= 0.6 is 0 Å². The fraction of sp³-hybridized carbons (Fsp3) is 0.833. The van der Waals surface area contributed by atoms with Crippen LogP contribution in [0.3, 0.4) is 0 Å². The minimum absolute atomic E-state index is 0.315. The molecule has 0 aliphatic carbocycles. The first kappa shape index (κ1) is 6.17. The molecule has 2 heteroatoms. The molecule has 0 N–H and O–H groups in total. The molecule has 0 saturated carbocycles. The van der Waals surface area contributed by atoms with E-state index >= 15 is 0 Å². The summed E-state index contributed by atoms with van der Waals surface area (Å²) in [6.07, 6.45) is 7.74. The summed E-state index contributed by atoms with van der Waals surface area (Å²) in [6.45, 7) is 0.979. The summed E-state index contributed by atoms with van der Waals surface area (Å²) < 4.78 is 5.40. The molecule has 1 heterocycles. The third-order valence-electron chi connectivity index (χ3n) is 1.48. The Bertz CT molecular complexity index is 76.6. The molecule has 1 nitrogen and oxygen atoms in total. The second-order valence-electron chi connectivity index (χ2n) is 2.14. The van der Waals surface area contributed by atoms with E-state index in [0.29, 0.717) is 14.9 Å². The third-order valence-corrected chi connectivity index (χ3v) is 2.53. The van der Waals surface area contributed by atoms with Gasteiger partial charge in [-0.05, 0) is 19.3 Å². The summed E-state index contributed by atoms with van der Waals surface area (Å²) in [6, 6.07) is 0. The number of rotatable bonds is 1. The number of hydrogen-bond acceptors (Lipinski definition) is 1. The quantitative estimate of drug-likeness (QED) is 0.464. The molecule has 1 saturated heterocycles. The molecule has 1 rings (SSSR count). The van der Waals surface area contributed by atoms with E-state index in [1.807, 2.05) is 0 Å². The van der Waals surface area contributed by atoms with Crippen LogP contribution in [0.15, 0.2) is 0 Å². The Hall–Kier alpha value is 0.0469. The van der Waals surface area contributed by atoms with Gasteiger partial charge in [-0.3, -0.25) is 0 Å². The van der Waals surface area contributed by atoms with Gasteiger partial charge in [0, 0.05) is 15.7 Å². The fourth-order valence-corrected chi connectivity index (χ4v) is 1.70. The third kappa shape index (κ3) is 1.53. The van der Waals surface area contributed by atoms with Crippen molar-refractivity contribution < 1.29 is 4.74 Å². The van der Waals surface area contributed by atoms with Crippen molar-refractivity contribution in [2.24, 2.45) is 0 Å². The highest BCUT2D eigenvalue weighted by Gasteiger charge is 2.08. The zero-order chi connectivity index (χ0) is 5.82. The number of hydrogen-bond donors (Lipinski definition) is 0. The van der Waals surface area contributed by atoms with E-state index in [2.05, 4.69) is 6.17 Å². The molecule has 1 unspecified atom stereocenters. The molecule has 1 aliphatic rings. The predicted octanol–water partition coefficient (Wildman–Crippen LogP) is 0.381. The van der Waals surface area contributed by atoms with E-state index in [1.165, 1.54) is 19.3 Å². The van der Waals surface area contributed by atoms with Crippen molar-refractivity contribution in [3.63, 3.8) is 0 Å². The molecule has 0 bridgehead atoms. The zero-order valence-corrected chi connectivity index (χ0v) is 6.25.